The monoisotopic (exact) mass is 417 g/mol. The van der Waals surface area contributed by atoms with Crippen LogP contribution in [0.3, 0.4) is 0 Å². The molecule has 2 aromatic heterocycles. The molecule has 2 N–H and O–H groups in total. The van der Waals surface area contributed by atoms with Crippen LogP contribution < -0.4 is 10.6 Å². The minimum absolute atomic E-state index is 0.170. The Morgan fingerprint density at radius 1 is 1.08 bits per heavy atom. The van der Waals surface area contributed by atoms with Gasteiger partial charge in [-0.1, -0.05) is 17.3 Å². The Kier molecular flexibility index (Phi) is 5.22. The second kappa shape index (κ2) is 7.57. The van der Waals surface area contributed by atoms with Crippen molar-refractivity contribution >= 4 is 39.1 Å². The molecule has 2 amide bonds. The molecule has 0 spiro atoms. The summed E-state index contributed by atoms with van der Waals surface area (Å²) in [5, 5.41) is 9.33. The van der Waals surface area contributed by atoms with E-state index in [1.807, 2.05) is 0 Å². The standard InChI is InChI=1S/C18H16BrN3O4/c1-10-17(11(2)26-22-10)21-16(23)9-12-3-5-13(6-4-12)20-18(24)14-7-8-15(19)25-14/h3-8H,9H2,1-2H3,(H,20,24)(H,21,23). The van der Waals surface area contributed by atoms with Gasteiger partial charge in [-0.05, 0) is 59.6 Å². The maximum atomic E-state index is 12.2. The minimum Gasteiger partial charge on any atom is -0.444 e. The van der Waals surface area contributed by atoms with Crippen molar-refractivity contribution < 1.29 is 18.5 Å². The number of aryl methyl sites for hydroxylation is 2. The molecule has 0 aliphatic carbocycles. The fraction of sp³-hybridized carbons (Fsp3) is 0.167. The molecule has 26 heavy (non-hydrogen) atoms. The largest absolute Gasteiger partial charge is 0.444 e. The lowest BCUT2D eigenvalue weighted by Gasteiger charge is -2.06. The van der Waals surface area contributed by atoms with Crippen molar-refractivity contribution in [3.8, 4) is 0 Å². The number of anilines is 2. The minimum atomic E-state index is -0.348. The summed E-state index contributed by atoms with van der Waals surface area (Å²) < 4.78 is 10.7. The fourth-order valence-corrected chi connectivity index (χ4v) is 2.67. The Labute approximate surface area is 157 Å². The number of halogens is 1. The maximum Gasteiger partial charge on any atom is 0.291 e. The van der Waals surface area contributed by atoms with Gasteiger partial charge in [-0.25, -0.2) is 0 Å². The molecule has 3 rings (SSSR count). The van der Waals surface area contributed by atoms with E-state index in [-0.39, 0.29) is 24.0 Å². The van der Waals surface area contributed by atoms with E-state index >= 15 is 0 Å². The number of rotatable bonds is 5. The third kappa shape index (κ3) is 4.20. The van der Waals surface area contributed by atoms with Crippen LogP contribution >= 0.6 is 15.9 Å². The molecular weight excluding hydrogens is 402 g/mol. The third-order valence-corrected chi connectivity index (χ3v) is 4.10. The van der Waals surface area contributed by atoms with Crippen LogP contribution in [0.1, 0.15) is 27.6 Å². The van der Waals surface area contributed by atoms with Crippen molar-refractivity contribution in [3.05, 3.63) is 63.8 Å². The molecule has 134 valence electrons. The SMILES string of the molecule is Cc1noc(C)c1NC(=O)Cc1ccc(NC(=O)c2ccc(Br)o2)cc1. The summed E-state index contributed by atoms with van der Waals surface area (Å²) in [5.41, 5.74) is 2.66. The average molecular weight is 418 g/mol. The van der Waals surface area contributed by atoms with Crippen molar-refractivity contribution in [2.75, 3.05) is 10.6 Å². The van der Waals surface area contributed by atoms with E-state index in [1.165, 1.54) is 0 Å². The Morgan fingerprint density at radius 3 is 2.38 bits per heavy atom. The third-order valence-electron chi connectivity index (χ3n) is 3.67. The topological polar surface area (TPSA) is 97.4 Å². The zero-order chi connectivity index (χ0) is 18.7. The molecule has 3 aromatic rings. The molecule has 0 bridgehead atoms. The van der Waals surface area contributed by atoms with E-state index in [2.05, 4.69) is 31.7 Å². The van der Waals surface area contributed by atoms with E-state index in [0.29, 0.717) is 27.5 Å². The number of benzene rings is 1. The summed E-state index contributed by atoms with van der Waals surface area (Å²) in [4.78, 5) is 24.2. The van der Waals surface area contributed by atoms with Crippen molar-refractivity contribution in [3.63, 3.8) is 0 Å². The number of nitrogens with one attached hydrogen (secondary N) is 2. The first-order valence-corrected chi connectivity index (χ1v) is 8.60. The summed E-state index contributed by atoms with van der Waals surface area (Å²) in [5.74, 6) is 0.259. The van der Waals surface area contributed by atoms with Gasteiger partial charge in [0.05, 0.1) is 6.42 Å². The van der Waals surface area contributed by atoms with Crippen LogP contribution in [0.15, 0.2) is 50.0 Å². The molecule has 0 fully saturated rings. The summed E-state index contributed by atoms with van der Waals surface area (Å²) in [6.07, 6.45) is 0.198. The molecule has 7 nitrogen and oxygen atoms in total. The van der Waals surface area contributed by atoms with Gasteiger partial charge in [0.2, 0.25) is 5.91 Å². The van der Waals surface area contributed by atoms with Gasteiger partial charge < -0.3 is 19.6 Å². The van der Waals surface area contributed by atoms with Gasteiger partial charge in [-0.2, -0.15) is 0 Å². The number of carbonyl (C=O) groups excluding carboxylic acids is 2. The smallest absolute Gasteiger partial charge is 0.291 e. The molecule has 1 aromatic carbocycles. The Hall–Kier alpha value is -2.87. The molecule has 0 aliphatic heterocycles. The highest BCUT2D eigenvalue weighted by Crippen LogP contribution is 2.20. The lowest BCUT2D eigenvalue weighted by Crippen LogP contribution is -2.15. The first-order chi connectivity index (χ1) is 12.4. The van der Waals surface area contributed by atoms with Crippen molar-refractivity contribution in [1.82, 2.24) is 5.16 Å². The predicted molar refractivity (Wildman–Crippen MR) is 99.1 cm³/mol. The van der Waals surface area contributed by atoms with Gasteiger partial charge in [0.25, 0.3) is 5.91 Å². The Balaban J connectivity index is 1.59. The van der Waals surface area contributed by atoms with Gasteiger partial charge >= 0.3 is 0 Å². The number of furan rings is 1. The highest BCUT2D eigenvalue weighted by Gasteiger charge is 2.13. The summed E-state index contributed by atoms with van der Waals surface area (Å²) >= 11 is 3.15. The van der Waals surface area contributed by atoms with Crippen LogP contribution in [-0.4, -0.2) is 17.0 Å². The van der Waals surface area contributed by atoms with Crippen LogP contribution in [0.5, 0.6) is 0 Å². The highest BCUT2D eigenvalue weighted by atomic mass is 79.9. The van der Waals surface area contributed by atoms with Gasteiger partial charge in [0.15, 0.2) is 16.2 Å². The number of aromatic nitrogens is 1. The number of hydrogen-bond acceptors (Lipinski definition) is 5. The molecule has 8 heteroatoms. The fourth-order valence-electron chi connectivity index (χ4n) is 2.37. The van der Waals surface area contributed by atoms with Crippen molar-refractivity contribution in [2.45, 2.75) is 20.3 Å². The zero-order valence-corrected chi connectivity index (χ0v) is 15.7. The maximum absolute atomic E-state index is 12.2. The van der Waals surface area contributed by atoms with Gasteiger partial charge in [0.1, 0.15) is 11.4 Å². The van der Waals surface area contributed by atoms with E-state index in [0.717, 1.165) is 5.56 Å². The van der Waals surface area contributed by atoms with Gasteiger partial charge in [-0.3, -0.25) is 9.59 Å². The first kappa shape index (κ1) is 17.9. The average Bonchev–Trinajstić information content (AvgIpc) is 3.17. The first-order valence-electron chi connectivity index (χ1n) is 7.80. The summed E-state index contributed by atoms with van der Waals surface area (Å²) in [6.45, 7) is 3.51. The van der Waals surface area contributed by atoms with Crippen LogP contribution in [0.4, 0.5) is 11.4 Å². The van der Waals surface area contributed by atoms with Crippen LogP contribution in [0.25, 0.3) is 0 Å². The number of carbonyl (C=O) groups is 2. The highest BCUT2D eigenvalue weighted by molar-refractivity contribution is 9.10. The van der Waals surface area contributed by atoms with Crippen LogP contribution in [-0.2, 0) is 11.2 Å². The summed E-state index contributed by atoms with van der Waals surface area (Å²) in [7, 11) is 0. The lowest BCUT2D eigenvalue weighted by molar-refractivity contribution is -0.115. The predicted octanol–water partition coefficient (Wildman–Crippen LogP) is 4.08. The zero-order valence-electron chi connectivity index (χ0n) is 14.1. The van der Waals surface area contributed by atoms with Crippen LogP contribution in [0.2, 0.25) is 0 Å². The summed E-state index contributed by atoms with van der Waals surface area (Å²) in [6, 6.07) is 10.2. The Bertz CT molecular complexity index is 924. The van der Waals surface area contributed by atoms with E-state index in [9.17, 15) is 9.59 Å². The van der Waals surface area contributed by atoms with Gasteiger partial charge in [0, 0.05) is 5.69 Å². The van der Waals surface area contributed by atoms with Crippen LogP contribution in [0, 0.1) is 13.8 Å². The van der Waals surface area contributed by atoms with E-state index < -0.39 is 0 Å². The molecular formula is C18H16BrN3O4. The molecule has 0 aliphatic rings. The van der Waals surface area contributed by atoms with Crippen molar-refractivity contribution in [1.29, 1.82) is 0 Å². The van der Waals surface area contributed by atoms with Crippen molar-refractivity contribution in [2.24, 2.45) is 0 Å². The van der Waals surface area contributed by atoms with E-state index in [1.54, 1.807) is 50.2 Å². The number of amides is 2. The van der Waals surface area contributed by atoms with Gasteiger partial charge in [-0.15, -0.1) is 0 Å². The molecule has 0 saturated heterocycles. The lowest BCUT2D eigenvalue weighted by atomic mass is 10.1. The van der Waals surface area contributed by atoms with E-state index in [4.69, 9.17) is 8.94 Å². The number of nitrogens with zero attached hydrogens (tertiary/aromatic N) is 1. The molecule has 0 saturated carbocycles. The molecule has 0 unspecified atom stereocenters. The second-order valence-electron chi connectivity index (χ2n) is 5.68. The number of hydrogen-bond donors (Lipinski definition) is 2. The molecule has 0 atom stereocenters. The Morgan fingerprint density at radius 2 is 1.81 bits per heavy atom. The quantitative estimate of drug-likeness (QED) is 0.651. The normalized spacial score (nSPS) is 10.6. The molecule has 2 heterocycles. The second-order valence-corrected chi connectivity index (χ2v) is 6.46. The molecule has 0 radical (unpaired) electrons.